The van der Waals surface area contributed by atoms with Crippen LogP contribution >= 0.6 is 23.4 Å². The molecule has 0 aliphatic heterocycles. The minimum Gasteiger partial charge on any atom is -0.342 e. The van der Waals surface area contributed by atoms with Gasteiger partial charge in [-0.15, -0.1) is 10.2 Å². The summed E-state index contributed by atoms with van der Waals surface area (Å²) < 4.78 is 1.77. The smallest absolute Gasteiger partial charge is 0.253 e. The molecule has 0 saturated carbocycles. The fraction of sp³-hybridized carbons (Fsp3) is 0.167. The van der Waals surface area contributed by atoms with Crippen LogP contribution in [0.1, 0.15) is 29.1 Å². The summed E-state index contributed by atoms with van der Waals surface area (Å²) in [6, 6.07) is 20.2. The van der Waals surface area contributed by atoms with E-state index in [1.807, 2.05) is 49.4 Å². The molecular formula is C24H22ClN5O2S. The number of hydrogen-bond acceptors (Lipinski definition) is 5. The highest BCUT2D eigenvalue weighted by atomic mass is 35.5. The molecule has 2 N–H and O–H groups in total. The van der Waals surface area contributed by atoms with E-state index in [4.69, 9.17) is 11.6 Å². The zero-order chi connectivity index (χ0) is 23.4. The SMILES string of the molecule is C[C@@H](NC(=O)c1ccccc1Cl)c1nnc(SCC(=O)Nc2ccc3ccccc3c2)n1C. The van der Waals surface area contributed by atoms with E-state index in [0.29, 0.717) is 21.6 Å². The van der Waals surface area contributed by atoms with Gasteiger partial charge >= 0.3 is 0 Å². The number of carbonyl (C=O) groups is 2. The van der Waals surface area contributed by atoms with E-state index >= 15 is 0 Å². The van der Waals surface area contributed by atoms with Crippen molar-refractivity contribution in [2.24, 2.45) is 7.05 Å². The number of carbonyl (C=O) groups excluding carboxylic acids is 2. The fourth-order valence-corrected chi connectivity index (χ4v) is 4.35. The van der Waals surface area contributed by atoms with E-state index in [-0.39, 0.29) is 17.6 Å². The van der Waals surface area contributed by atoms with Gasteiger partial charge < -0.3 is 15.2 Å². The van der Waals surface area contributed by atoms with Crippen molar-refractivity contribution < 1.29 is 9.59 Å². The molecule has 2 amide bonds. The molecule has 0 fully saturated rings. The van der Waals surface area contributed by atoms with E-state index < -0.39 is 6.04 Å². The van der Waals surface area contributed by atoms with Gasteiger partial charge in [-0.2, -0.15) is 0 Å². The van der Waals surface area contributed by atoms with Crippen LogP contribution in [-0.4, -0.2) is 32.3 Å². The second-order valence-corrected chi connectivity index (χ2v) is 8.82. The average Bonchev–Trinajstić information content (AvgIpc) is 3.18. The first kappa shape index (κ1) is 22.8. The van der Waals surface area contributed by atoms with Crippen molar-refractivity contribution >= 4 is 51.6 Å². The van der Waals surface area contributed by atoms with E-state index in [1.165, 1.54) is 11.8 Å². The van der Waals surface area contributed by atoms with E-state index in [2.05, 4.69) is 20.8 Å². The molecule has 0 unspecified atom stereocenters. The monoisotopic (exact) mass is 479 g/mol. The highest BCUT2D eigenvalue weighted by molar-refractivity contribution is 7.99. The molecule has 0 saturated heterocycles. The lowest BCUT2D eigenvalue weighted by Gasteiger charge is -2.14. The standard InChI is InChI=1S/C24H22ClN5O2S/c1-15(26-23(32)19-9-5-6-10-20(19)25)22-28-29-24(30(22)2)33-14-21(31)27-18-12-11-16-7-3-4-8-17(16)13-18/h3-13,15H,14H2,1-2H3,(H,26,32)(H,27,31)/t15-/m1/s1. The number of rotatable bonds is 7. The maximum absolute atomic E-state index is 12.5. The van der Waals surface area contributed by atoms with E-state index in [9.17, 15) is 9.59 Å². The molecular weight excluding hydrogens is 458 g/mol. The Labute approximate surface area is 200 Å². The van der Waals surface area contributed by atoms with Crippen LogP contribution in [0.15, 0.2) is 71.9 Å². The van der Waals surface area contributed by atoms with Gasteiger partial charge in [0.1, 0.15) is 0 Å². The molecule has 9 heteroatoms. The summed E-state index contributed by atoms with van der Waals surface area (Å²) in [6.07, 6.45) is 0. The van der Waals surface area contributed by atoms with Crippen molar-refractivity contribution in [3.05, 3.63) is 83.1 Å². The summed E-state index contributed by atoms with van der Waals surface area (Å²) in [6.45, 7) is 1.82. The molecule has 0 aliphatic rings. The Balaban J connectivity index is 1.35. The first-order chi connectivity index (χ1) is 15.9. The second kappa shape index (κ2) is 10.1. The molecule has 33 heavy (non-hydrogen) atoms. The molecule has 4 aromatic rings. The van der Waals surface area contributed by atoms with Crippen LogP contribution in [0.25, 0.3) is 10.8 Å². The van der Waals surface area contributed by atoms with Crippen LogP contribution in [0.5, 0.6) is 0 Å². The quantitative estimate of drug-likeness (QED) is 0.370. The van der Waals surface area contributed by atoms with Crippen molar-refractivity contribution in [1.29, 1.82) is 0 Å². The topological polar surface area (TPSA) is 88.9 Å². The van der Waals surface area contributed by atoms with Crippen LogP contribution in [0, 0.1) is 0 Å². The van der Waals surface area contributed by atoms with Gasteiger partial charge in [0.2, 0.25) is 5.91 Å². The number of nitrogens with zero attached hydrogens (tertiary/aromatic N) is 3. The summed E-state index contributed by atoms with van der Waals surface area (Å²) in [4.78, 5) is 25.0. The van der Waals surface area contributed by atoms with Gasteiger partial charge in [-0.25, -0.2) is 0 Å². The maximum Gasteiger partial charge on any atom is 0.253 e. The lowest BCUT2D eigenvalue weighted by atomic mass is 10.1. The summed E-state index contributed by atoms with van der Waals surface area (Å²) >= 11 is 7.38. The van der Waals surface area contributed by atoms with Crippen molar-refractivity contribution in [2.75, 3.05) is 11.1 Å². The molecule has 3 aromatic carbocycles. The normalized spacial score (nSPS) is 11.8. The van der Waals surface area contributed by atoms with Gasteiger partial charge in [0.05, 0.1) is 22.4 Å². The summed E-state index contributed by atoms with van der Waals surface area (Å²) in [5.41, 5.74) is 1.14. The third-order valence-corrected chi connectivity index (χ3v) is 6.44. The highest BCUT2D eigenvalue weighted by Gasteiger charge is 2.20. The maximum atomic E-state index is 12.5. The summed E-state index contributed by atoms with van der Waals surface area (Å²) in [7, 11) is 1.80. The number of halogens is 1. The number of thioether (sulfide) groups is 1. The molecule has 1 atom stereocenters. The third-order valence-electron chi connectivity index (χ3n) is 5.09. The lowest BCUT2D eigenvalue weighted by molar-refractivity contribution is -0.113. The van der Waals surface area contributed by atoms with E-state index in [0.717, 1.165) is 16.5 Å². The zero-order valence-electron chi connectivity index (χ0n) is 18.1. The first-order valence-corrected chi connectivity index (χ1v) is 11.6. The molecule has 168 valence electrons. The third kappa shape index (κ3) is 5.35. The van der Waals surface area contributed by atoms with Crippen molar-refractivity contribution in [3.63, 3.8) is 0 Å². The Kier molecular flexibility index (Phi) is 6.96. The first-order valence-electron chi connectivity index (χ1n) is 10.3. The van der Waals surface area contributed by atoms with Crippen LogP contribution in [0.2, 0.25) is 5.02 Å². The van der Waals surface area contributed by atoms with Crippen LogP contribution in [0.4, 0.5) is 5.69 Å². The minimum atomic E-state index is -0.396. The zero-order valence-corrected chi connectivity index (χ0v) is 19.7. The minimum absolute atomic E-state index is 0.139. The Morgan fingerprint density at radius 2 is 1.76 bits per heavy atom. The van der Waals surface area contributed by atoms with Crippen molar-refractivity contribution in [3.8, 4) is 0 Å². The van der Waals surface area contributed by atoms with E-state index in [1.54, 1.807) is 35.9 Å². The highest BCUT2D eigenvalue weighted by Crippen LogP contribution is 2.22. The molecule has 0 radical (unpaired) electrons. The number of amides is 2. The molecule has 0 spiro atoms. The number of fused-ring (bicyclic) bond motifs is 1. The molecule has 1 aromatic heterocycles. The lowest BCUT2D eigenvalue weighted by Crippen LogP contribution is -2.28. The van der Waals surface area contributed by atoms with Gasteiger partial charge in [-0.05, 0) is 42.0 Å². The molecule has 1 heterocycles. The number of hydrogen-bond donors (Lipinski definition) is 2. The van der Waals surface area contributed by atoms with Crippen LogP contribution in [0.3, 0.4) is 0 Å². The molecule has 0 aliphatic carbocycles. The number of benzene rings is 3. The summed E-state index contributed by atoms with van der Waals surface area (Å²) in [5, 5.41) is 17.3. The van der Waals surface area contributed by atoms with Gasteiger partial charge in [0, 0.05) is 12.7 Å². The Bertz CT molecular complexity index is 1320. The van der Waals surface area contributed by atoms with Crippen LogP contribution < -0.4 is 10.6 Å². The van der Waals surface area contributed by atoms with Gasteiger partial charge in [-0.1, -0.05) is 65.8 Å². The molecule has 7 nitrogen and oxygen atoms in total. The Hall–Kier alpha value is -3.36. The predicted molar refractivity (Wildman–Crippen MR) is 132 cm³/mol. The van der Waals surface area contributed by atoms with Crippen molar-refractivity contribution in [1.82, 2.24) is 20.1 Å². The number of nitrogens with one attached hydrogen (secondary N) is 2. The number of anilines is 1. The van der Waals surface area contributed by atoms with Crippen molar-refractivity contribution in [2.45, 2.75) is 18.1 Å². The fourth-order valence-electron chi connectivity index (χ4n) is 3.41. The average molecular weight is 480 g/mol. The van der Waals surface area contributed by atoms with Gasteiger partial charge in [-0.3, -0.25) is 9.59 Å². The summed E-state index contributed by atoms with van der Waals surface area (Å²) in [5.74, 6) is 0.326. The predicted octanol–water partition coefficient (Wildman–Crippen LogP) is 4.84. The second-order valence-electron chi connectivity index (χ2n) is 7.47. The molecule has 4 rings (SSSR count). The number of aromatic nitrogens is 3. The Morgan fingerprint density at radius 3 is 2.55 bits per heavy atom. The van der Waals surface area contributed by atoms with Gasteiger partial charge in [0.25, 0.3) is 5.91 Å². The Morgan fingerprint density at radius 1 is 1.03 bits per heavy atom. The van der Waals surface area contributed by atoms with Crippen LogP contribution in [-0.2, 0) is 11.8 Å². The largest absolute Gasteiger partial charge is 0.342 e. The molecule has 0 bridgehead atoms. The van der Waals surface area contributed by atoms with Gasteiger partial charge in [0.15, 0.2) is 11.0 Å².